The van der Waals surface area contributed by atoms with Crippen molar-refractivity contribution in [3.05, 3.63) is 77.1 Å². The molecule has 2 fully saturated rings. The van der Waals surface area contributed by atoms with E-state index in [2.05, 4.69) is 45.5 Å². The second-order valence-corrected chi connectivity index (χ2v) is 9.58. The van der Waals surface area contributed by atoms with Gasteiger partial charge in [0.25, 0.3) is 5.91 Å². The molecule has 8 nitrogen and oxygen atoms in total. The van der Waals surface area contributed by atoms with Gasteiger partial charge in [-0.25, -0.2) is 14.8 Å². The first-order valence-corrected chi connectivity index (χ1v) is 12.2. The van der Waals surface area contributed by atoms with Crippen LogP contribution in [0.3, 0.4) is 0 Å². The van der Waals surface area contributed by atoms with Crippen molar-refractivity contribution in [1.29, 1.82) is 0 Å². The molecule has 3 aliphatic heterocycles. The summed E-state index contributed by atoms with van der Waals surface area (Å²) in [5.41, 5.74) is 4.15. The molecule has 0 unspecified atom stereocenters. The zero-order valence-corrected chi connectivity index (χ0v) is 19.4. The van der Waals surface area contributed by atoms with Crippen LogP contribution in [0.2, 0.25) is 0 Å². The molecule has 3 aromatic rings. The number of benzene rings is 2. The molecule has 0 atom stereocenters. The number of pyridine rings is 1. The fraction of sp³-hybridized carbons (Fsp3) is 0.333. The van der Waals surface area contributed by atoms with Gasteiger partial charge in [-0.15, -0.1) is 0 Å². The Bertz CT molecular complexity index is 1330. The van der Waals surface area contributed by atoms with E-state index < -0.39 is 6.03 Å². The zero-order valence-electron chi connectivity index (χ0n) is 19.4. The number of hydrogen-bond donors (Lipinski definition) is 1. The Morgan fingerprint density at radius 2 is 1.83 bits per heavy atom. The van der Waals surface area contributed by atoms with Crippen LogP contribution in [0.5, 0.6) is 0 Å². The number of imide groups is 1. The average Bonchev–Trinajstić information content (AvgIpc) is 3.19. The van der Waals surface area contributed by atoms with E-state index in [1.165, 1.54) is 31.9 Å². The summed E-state index contributed by atoms with van der Waals surface area (Å²) < 4.78 is 0. The summed E-state index contributed by atoms with van der Waals surface area (Å²) in [5.74, 6) is 0.0483. The lowest BCUT2D eigenvalue weighted by molar-refractivity contribution is -0.123. The molecule has 35 heavy (non-hydrogen) atoms. The quantitative estimate of drug-likeness (QED) is 0.633. The summed E-state index contributed by atoms with van der Waals surface area (Å²) in [6, 6.07) is 14.1. The van der Waals surface area contributed by atoms with E-state index in [0.29, 0.717) is 18.0 Å². The molecular weight excluding hydrogens is 442 g/mol. The molecular formula is C27H27N5O3. The Morgan fingerprint density at radius 3 is 2.66 bits per heavy atom. The van der Waals surface area contributed by atoms with Gasteiger partial charge in [-0.3, -0.25) is 24.8 Å². The SMILES string of the molecule is O=C1CCN(N2Cc3cc(CN4CCC(c5cccc6cnccc56)CC4)ccc3C2=O)C(=O)N1. The smallest absolute Gasteiger partial charge is 0.299 e. The number of urea groups is 1. The van der Waals surface area contributed by atoms with Gasteiger partial charge >= 0.3 is 6.03 Å². The molecule has 0 bridgehead atoms. The van der Waals surface area contributed by atoms with Gasteiger partial charge in [0.05, 0.1) is 13.1 Å². The molecule has 0 saturated carbocycles. The monoisotopic (exact) mass is 469 g/mol. The first-order chi connectivity index (χ1) is 17.1. The number of carbonyl (C=O) groups excluding carboxylic acids is 3. The maximum absolute atomic E-state index is 12.9. The Labute approximate surface area is 203 Å². The van der Waals surface area contributed by atoms with Gasteiger partial charge in [-0.05, 0) is 66.1 Å². The number of amides is 4. The van der Waals surface area contributed by atoms with Crippen molar-refractivity contribution in [2.24, 2.45) is 0 Å². The van der Waals surface area contributed by atoms with Gasteiger partial charge in [0.15, 0.2) is 0 Å². The number of piperidine rings is 1. The van der Waals surface area contributed by atoms with Crippen LogP contribution >= 0.6 is 0 Å². The first kappa shape index (κ1) is 21.7. The summed E-state index contributed by atoms with van der Waals surface area (Å²) in [7, 11) is 0. The molecule has 1 aromatic heterocycles. The van der Waals surface area contributed by atoms with Crippen LogP contribution in [0.15, 0.2) is 54.9 Å². The van der Waals surface area contributed by atoms with E-state index >= 15 is 0 Å². The lowest BCUT2D eigenvalue weighted by Crippen LogP contribution is -2.56. The molecule has 1 N–H and O–H groups in total. The standard InChI is InChI=1S/C27H27N5O3/c33-25-9-13-31(27(35)29-25)32-17-21-14-18(4-5-24(21)26(32)34)16-30-11-7-19(8-12-30)22-3-1-2-20-15-28-10-6-23(20)22/h1-6,10,14-15,19H,7-9,11-13,16-17H2,(H,29,33,35). The van der Waals surface area contributed by atoms with Crippen LogP contribution in [0.1, 0.15) is 52.2 Å². The normalized spacial score (nSPS) is 19.4. The average molecular weight is 470 g/mol. The summed E-state index contributed by atoms with van der Waals surface area (Å²) in [6.07, 6.45) is 6.23. The van der Waals surface area contributed by atoms with Crippen LogP contribution in [-0.4, -0.2) is 57.4 Å². The number of carbonyl (C=O) groups is 3. The Hall–Kier alpha value is -3.78. The first-order valence-electron chi connectivity index (χ1n) is 12.2. The number of hydrogen-bond acceptors (Lipinski definition) is 5. The highest BCUT2D eigenvalue weighted by molar-refractivity contribution is 6.01. The molecule has 178 valence electrons. The number of aromatic nitrogens is 1. The maximum Gasteiger partial charge on any atom is 0.342 e. The fourth-order valence-electron chi connectivity index (χ4n) is 5.60. The highest BCUT2D eigenvalue weighted by atomic mass is 16.2. The van der Waals surface area contributed by atoms with Gasteiger partial charge in [-0.2, -0.15) is 0 Å². The minimum atomic E-state index is -0.534. The van der Waals surface area contributed by atoms with Gasteiger partial charge in [0, 0.05) is 36.3 Å². The molecule has 0 aliphatic carbocycles. The number of nitrogens with zero attached hydrogens (tertiary/aromatic N) is 4. The third-order valence-corrected chi connectivity index (χ3v) is 7.43. The maximum atomic E-state index is 12.9. The van der Waals surface area contributed by atoms with E-state index in [4.69, 9.17) is 0 Å². The summed E-state index contributed by atoms with van der Waals surface area (Å²) >= 11 is 0. The Kier molecular flexibility index (Phi) is 5.45. The molecule has 0 spiro atoms. The van der Waals surface area contributed by atoms with Gasteiger partial charge in [-0.1, -0.05) is 30.3 Å². The Balaban J connectivity index is 1.11. The van der Waals surface area contributed by atoms with Crippen molar-refractivity contribution >= 4 is 28.6 Å². The van der Waals surface area contributed by atoms with Crippen molar-refractivity contribution in [3.63, 3.8) is 0 Å². The fourth-order valence-corrected chi connectivity index (χ4v) is 5.60. The number of rotatable bonds is 4. The molecule has 8 heteroatoms. The van der Waals surface area contributed by atoms with Crippen LogP contribution in [0, 0.1) is 0 Å². The molecule has 2 saturated heterocycles. The Morgan fingerprint density at radius 1 is 0.971 bits per heavy atom. The summed E-state index contributed by atoms with van der Waals surface area (Å²) in [4.78, 5) is 43.3. The van der Waals surface area contributed by atoms with E-state index in [9.17, 15) is 14.4 Å². The van der Waals surface area contributed by atoms with Crippen molar-refractivity contribution in [2.45, 2.75) is 38.3 Å². The van der Waals surface area contributed by atoms with E-state index in [-0.39, 0.29) is 24.8 Å². The van der Waals surface area contributed by atoms with Gasteiger partial charge in [0.1, 0.15) is 0 Å². The van der Waals surface area contributed by atoms with Gasteiger partial charge in [0.2, 0.25) is 5.91 Å². The molecule has 4 heterocycles. The summed E-state index contributed by atoms with van der Waals surface area (Å²) in [6.45, 7) is 3.46. The minimum absolute atomic E-state index is 0.192. The van der Waals surface area contributed by atoms with Crippen molar-refractivity contribution in [3.8, 4) is 0 Å². The van der Waals surface area contributed by atoms with E-state index in [1.807, 2.05) is 24.5 Å². The lowest BCUT2D eigenvalue weighted by atomic mass is 9.86. The second-order valence-electron chi connectivity index (χ2n) is 9.58. The highest BCUT2D eigenvalue weighted by Gasteiger charge is 2.37. The predicted molar refractivity (Wildman–Crippen MR) is 130 cm³/mol. The van der Waals surface area contributed by atoms with Crippen molar-refractivity contribution < 1.29 is 14.4 Å². The van der Waals surface area contributed by atoms with Crippen molar-refractivity contribution in [1.82, 2.24) is 25.2 Å². The second kappa shape index (κ2) is 8.78. The molecule has 3 aliphatic rings. The highest BCUT2D eigenvalue weighted by Crippen LogP contribution is 2.33. The van der Waals surface area contributed by atoms with E-state index in [1.54, 1.807) is 0 Å². The zero-order chi connectivity index (χ0) is 23.9. The minimum Gasteiger partial charge on any atom is -0.299 e. The predicted octanol–water partition coefficient (Wildman–Crippen LogP) is 3.43. The van der Waals surface area contributed by atoms with Crippen LogP contribution in [0.4, 0.5) is 4.79 Å². The third-order valence-electron chi connectivity index (χ3n) is 7.43. The van der Waals surface area contributed by atoms with Crippen LogP contribution in [-0.2, 0) is 17.9 Å². The molecule has 2 aromatic carbocycles. The number of hydrazine groups is 1. The van der Waals surface area contributed by atoms with Gasteiger partial charge < -0.3 is 0 Å². The van der Waals surface area contributed by atoms with Crippen molar-refractivity contribution in [2.75, 3.05) is 19.6 Å². The summed E-state index contributed by atoms with van der Waals surface area (Å²) in [5, 5.41) is 7.58. The van der Waals surface area contributed by atoms with E-state index in [0.717, 1.165) is 38.0 Å². The molecule has 4 amide bonds. The number of fused-ring (bicyclic) bond motifs is 2. The van der Waals surface area contributed by atoms with Crippen LogP contribution in [0.25, 0.3) is 10.8 Å². The molecule has 6 rings (SSSR count). The number of nitrogens with one attached hydrogen (secondary N) is 1. The lowest BCUT2D eigenvalue weighted by Gasteiger charge is -2.33. The molecule has 0 radical (unpaired) electrons. The largest absolute Gasteiger partial charge is 0.342 e. The number of likely N-dealkylation sites (tertiary alicyclic amines) is 1. The third kappa shape index (κ3) is 4.04. The topological polar surface area (TPSA) is 85.9 Å². The van der Waals surface area contributed by atoms with Crippen LogP contribution < -0.4 is 5.32 Å².